The van der Waals surface area contributed by atoms with Gasteiger partial charge in [0.15, 0.2) is 4.90 Å². The molecule has 0 amide bonds. The molecule has 0 saturated heterocycles. The molecule has 0 bridgehead atoms. The van der Waals surface area contributed by atoms with Gasteiger partial charge >= 0.3 is 5.69 Å². The first-order chi connectivity index (χ1) is 11.4. The monoisotopic (exact) mass is 347 g/mol. The van der Waals surface area contributed by atoms with Crippen molar-refractivity contribution in [2.45, 2.75) is 17.2 Å². The van der Waals surface area contributed by atoms with E-state index in [1.54, 1.807) is 0 Å². The second kappa shape index (κ2) is 6.21. The largest absolute Gasteiger partial charge is 0.379 e. The predicted octanol–water partition coefficient (Wildman–Crippen LogP) is 2.46. The lowest BCUT2D eigenvalue weighted by molar-refractivity contribution is -0.386. The second-order valence-electron chi connectivity index (χ2n) is 5.85. The average Bonchev–Trinajstić information content (AvgIpc) is 3.32. The van der Waals surface area contributed by atoms with Crippen molar-refractivity contribution in [2.75, 3.05) is 11.9 Å². The number of para-hydroxylation sites is 1. The van der Waals surface area contributed by atoms with E-state index in [9.17, 15) is 18.5 Å². The van der Waals surface area contributed by atoms with E-state index in [4.69, 9.17) is 5.14 Å². The first kappa shape index (κ1) is 16.4. The molecular formula is C16H17N3O4S. The molecule has 3 rings (SSSR count). The molecule has 0 heterocycles. The number of rotatable bonds is 6. The number of sulfonamides is 1. The highest BCUT2D eigenvalue weighted by Crippen LogP contribution is 2.47. The van der Waals surface area contributed by atoms with Crippen LogP contribution < -0.4 is 10.5 Å². The lowest BCUT2D eigenvalue weighted by Crippen LogP contribution is -2.16. The summed E-state index contributed by atoms with van der Waals surface area (Å²) < 4.78 is 23.1. The van der Waals surface area contributed by atoms with Crippen LogP contribution in [0.4, 0.5) is 11.4 Å². The van der Waals surface area contributed by atoms with Crippen molar-refractivity contribution in [2.24, 2.45) is 11.1 Å². The fourth-order valence-corrected chi connectivity index (χ4v) is 3.63. The van der Waals surface area contributed by atoms with Crippen molar-refractivity contribution in [1.82, 2.24) is 0 Å². The zero-order chi connectivity index (χ0) is 17.3. The van der Waals surface area contributed by atoms with Crippen LogP contribution in [0.25, 0.3) is 0 Å². The van der Waals surface area contributed by atoms with Crippen molar-refractivity contribution >= 4 is 21.4 Å². The molecule has 1 saturated carbocycles. The second-order valence-corrected chi connectivity index (χ2v) is 7.38. The summed E-state index contributed by atoms with van der Waals surface area (Å²) in [6.07, 6.45) is 1.000. The van der Waals surface area contributed by atoms with E-state index < -0.39 is 25.5 Å². The minimum Gasteiger partial charge on any atom is -0.379 e. The van der Waals surface area contributed by atoms with Crippen LogP contribution in [0.3, 0.4) is 0 Å². The van der Waals surface area contributed by atoms with Gasteiger partial charge in [-0.05, 0) is 36.0 Å². The summed E-state index contributed by atoms with van der Waals surface area (Å²) in [6.45, 7) is 0.536. The van der Waals surface area contributed by atoms with E-state index in [0.29, 0.717) is 18.4 Å². The number of nitro benzene ring substituents is 1. The SMILES string of the molecule is NS(=O)(=O)c1cccc(NC[C@H]2C[C@@H]2c2ccccc2)c1[N+](=O)[O-]. The Hall–Kier alpha value is -2.45. The Morgan fingerprint density at radius 2 is 1.88 bits per heavy atom. The minimum atomic E-state index is -4.16. The maximum atomic E-state index is 11.5. The maximum absolute atomic E-state index is 11.5. The standard InChI is InChI=1S/C16H17N3O4S/c17-24(22,23)15-8-4-7-14(16(15)19(20)21)18-10-12-9-13(12)11-5-2-1-3-6-11/h1-8,12-13,18H,9-10H2,(H2,17,22,23)/t12-,13-/m1/s1. The summed E-state index contributed by atoms with van der Waals surface area (Å²) in [6, 6.07) is 14.1. The molecule has 2 aromatic carbocycles. The van der Waals surface area contributed by atoms with Crippen LogP contribution in [-0.4, -0.2) is 19.9 Å². The number of nitrogens with zero attached hydrogens (tertiary/aromatic N) is 1. The molecule has 24 heavy (non-hydrogen) atoms. The summed E-state index contributed by atoms with van der Waals surface area (Å²) >= 11 is 0. The molecule has 126 valence electrons. The number of nitro groups is 1. The first-order valence-corrected chi connectivity index (χ1v) is 9.01. The molecule has 2 atom stereocenters. The highest BCUT2D eigenvalue weighted by Gasteiger charge is 2.38. The Bertz CT molecular complexity index is 868. The summed E-state index contributed by atoms with van der Waals surface area (Å²) in [7, 11) is -4.16. The highest BCUT2D eigenvalue weighted by molar-refractivity contribution is 7.89. The van der Waals surface area contributed by atoms with Gasteiger partial charge in [-0.1, -0.05) is 36.4 Å². The van der Waals surface area contributed by atoms with E-state index in [1.807, 2.05) is 18.2 Å². The molecule has 0 spiro atoms. The molecule has 0 aliphatic heterocycles. The molecule has 1 aliphatic rings. The first-order valence-electron chi connectivity index (χ1n) is 7.47. The molecule has 1 aliphatic carbocycles. The number of benzene rings is 2. The van der Waals surface area contributed by atoms with Gasteiger partial charge in [0.1, 0.15) is 5.69 Å². The number of nitrogens with one attached hydrogen (secondary N) is 1. The Balaban J connectivity index is 1.76. The lowest BCUT2D eigenvalue weighted by Gasteiger charge is -2.09. The summed E-state index contributed by atoms with van der Waals surface area (Å²) in [5.74, 6) is 0.796. The zero-order valence-electron chi connectivity index (χ0n) is 12.8. The number of primary sulfonamides is 1. The van der Waals surface area contributed by atoms with Crippen LogP contribution in [-0.2, 0) is 10.0 Å². The summed E-state index contributed by atoms with van der Waals surface area (Å²) in [5, 5.41) is 19.4. The molecule has 0 radical (unpaired) electrons. The third kappa shape index (κ3) is 3.39. The van der Waals surface area contributed by atoms with Crippen molar-refractivity contribution in [3.05, 3.63) is 64.2 Å². The topological polar surface area (TPSA) is 115 Å². The fraction of sp³-hybridized carbons (Fsp3) is 0.250. The molecule has 2 aromatic rings. The van der Waals surface area contributed by atoms with Crippen LogP contribution in [0.2, 0.25) is 0 Å². The van der Waals surface area contributed by atoms with Gasteiger partial charge in [0.2, 0.25) is 10.0 Å². The van der Waals surface area contributed by atoms with Gasteiger partial charge in [0, 0.05) is 6.54 Å². The zero-order valence-corrected chi connectivity index (χ0v) is 13.6. The molecule has 7 nitrogen and oxygen atoms in total. The van der Waals surface area contributed by atoms with Crippen molar-refractivity contribution < 1.29 is 13.3 Å². The number of hydrogen-bond acceptors (Lipinski definition) is 5. The number of anilines is 1. The molecule has 3 N–H and O–H groups in total. The van der Waals surface area contributed by atoms with Crippen molar-refractivity contribution in [1.29, 1.82) is 0 Å². The van der Waals surface area contributed by atoms with Gasteiger partial charge < -0.3 is 5.32 Å². The van der Waals surface area contributed by atoms with E-state index in [0.717, 1.165) is 12.5 Å². The fourth-order valence-electron chi connectivity index (χ4n) is 2.91. The smallest absolute Gasteiger partial charge is 0.312 e. The van der Waals surface area contributed by atoms with Gasteiger partial charge in [0.25, 0.3) is 0 Å². The van der Waals surface area contributed by atoms with Gasteiger partial charge in [-0.25, -0.2) is 13.6 Å². The van der Waals surface area contributed by atoms with Gasteiger partial charge in [0.05, 0.1) is 4.92 Å². The maximum Gasteiger partial charge on any atom is 0.312 e. The Labute approximate surface area is 139 Å². The molecule has 1 fully saturated rings. The van der Waals surface area contributed by atoms with Gasteiger partial charge in [-0.15, -0.1) is 0 Å². The molecule has 8 heteroatoms. The quantitative estimate of drug-likeness (QED) is 0.615. The average molecular weight is 347 g/mol. The van der Waals surface area contributed by atoms with Crippen LogP contribution in [0.5, 0.6) is 0 Å². The van der Waals surface area contributed by atoms with Crippen LogP contribution in [0.1, 0.15) is 17.9 Å². The summed E-state index contributed by atoms with van der Waals surface area (Å²) in [4.78, 5) is 10.1. The van der Waals surface area contributed by atoms with E-state index >= 15 is 0 Å². The van der Waals surface area contributed by atoms with Crippen molar-refractivity contribution in [3.63, 3.8) is 0 Å². The predicted molar refractivity (Wildman–Crippen MR) is 90.2 cm³/mol. The molecular weight excluding hydrogens is 330 g/mol. The Morgan fingerprint density at radius 3 is 2.50 bits per heavy atom. The summed E-state index contributed by atoms with van der Waals surface area (Å²) in [5.41, 5.74) is 0.916. The van der Waals surface area contributed by atoms with E-state index in [1.165, 1.54) is 17.7 Å². The van der Waals surface area contributed by atoms with Crippen LogP contribution in [0, 0.1) is 16.0 Å². The Morgan fingerprint density at radius 1 is 1.17 bits per heavy atom. The van der Waals surface area contributed by atoms with E-state index in [2.05, 4.69) is 17.4 Å². The third-order valence-corrected chi connectivity index (χ3v) is 5.14. The third-order valence-electron chi connectivity index (χ3n) is 4.19. The van der Waals surface area contributed by atoms with E-state index in [-0.39, 0.29) is 5.69 Å². The van der Waals surface area contributed by atoms with Crippen molar-refractivity contribution in [3.8, 4) is 0 Å². The molecule has 0 unspecified atom stereocenters. The Kier molecular flexibility index (Phi) is 4.25. The normalized spacial score (nSPS) is 19.7. The minimum absolute atomic E-state index is 0.172. The molecule has 0 aromatic heterocycles. The van der Waals surface area contributed by atoms with Gasteiger partial charge in [-0.2, -0.15) is 0 Å². The highest BCUT2D eigenvalue weighted by atomic mass is 32.2. The van der Waals surface area contributed by atoms with Crippen LogP contribution >= 0.6 is 0 Å². The van der Waals surface area contributed by atoms with Gasteiger partial charge in [-0.3, -0.25) is 10.1 Å². The number of nitrogens with two attached hydrogens (primary N) is 1. The van der Waals surface area contributed by atoms with Crippen LogP contribution in [0.15, 0.2) is 53.4 Å². The lowest BCUT2D eigenvalue weighted by atomic mass is 10.1. The number of hydrogen-bond donors (Lipinski definition) is 2.